The van der Waals surface area contributed by atoms with Crippen molar-refractivity contribution >= 4 is 11.6 Å². The predicted octanol–water partition coefficient (Wildman–Crippen LogP) is 5.13. The Morgan fingerprint density at radius 1 is 0.880 bits per heavy atom. The Labute approximate surface area is 148 Å². The first-order chi connectivity index (χ1) is 12.1. The number of anilines is 1. The fourth-order valence-corrected chi connectivity index (χ4v) is 2.59. The number of rotatable bonds is 5. The summed E-state index contributed by atoms with van der Waals surface area (Å²) in [5.74, 6) is 0.409. The summed E-state index contributed by atoms with van der Waals surface area (Å²) in [6, 6.07) is 23.1. The Morgan fingerprint density at radius 3 is 2.40 bits per heavy atom. The second kappa shape index (κ2) is 7.67. The first-order valence-electron chi connectivity index (χ1n) is 8.28. The lowest BCUT2D eigenvalue weighted by Gasteiger charge is -2.13. The number of hydrogen-bond donors (Lipinski definition) is 1. The highest BCUT2D eigenvalue weighted by Gasteiger charge is 2.13. The van der Waals surface area contributed by atoms with Crippen LogP contribution in [0.25, 0.3) is 0 Å². The van der Waals surface area contributed by atoms with E-state index in [4.69, 9.17) is 4.74 Å². The van der Waals surface area contributed by atoms with Crippen molar-refractivity contribution in [2.45, 2.75) is 20.5 Å². The molecule has 0 unspecified atom stereocenters. The lowest BCUT2D eigenvalue weighted by Crippen LogP contribution is -2.14. The van der Waals surface area contributed by atoms with Crippen molar-refractivity contribution < 1.29 is 9.53 Å². The second-order valence-corrected chi connectivity index (χ2v) is 5.97. The quantitative estimate of drug-likeness (QED) is 0.703. The van der Waals surface area contributed by atoms with Gasteiger partial charge in [0, 0.05) is 5.69 Å². The molecule has 0 atom stereocenters. The summed E-state index contributed by atoms with van der Waals surface area (Å²) < 4.78 is 5.88. The third-order valence-corrected chi connectivity index (χ3v) is 4.22. The van der Waals surface area contributed by atoms with E-state index in [1.807, 2.05) is 80.6 Å². The van der Waals surface area contributed by atoms with Crippen LogP contribution >= 0.6 is 0 Å². The van der Waals surface area contributed by atoms with Crippen molar-refractivity contribution in [2.24, 2.45) is 0 Å². The molecule has 0 aliphatic heterocycles. The summed E-state index contributed by atoms with van der Waals surface area (Å²) in [6.07, 6.45) is 0. The number of hydrogen-bond acceptors (Lipinski definition) is 2. The molecule has 25 heavy (non-hydrogen) atoms. The van der Waals surface area contributed by atoms with Gasteiger partial charge < -0.3 is 10.1 Å². The first-order valence-corrected chi connectivity index (χ1v) is 8.28. The van der Waals surface area contributed by atoms with Gasteiger partial charge in [-0.15, -0.1) is 0 Å². The van der Waals surface area contributed by atoms with Crippen LogP contribution < -0.4 is 10.1 Å². The van der Waals surface area contributed by atoms with Gasteiger partial charge in [0.2, 0.25) is 0 Å². The van der Waals surface area contributed by atoms with E-state index in [0.29, 0.717) is 17.9 Å². The molecule has 0 bridgehead atoms. The van der Waals surface area contributed by atoms with Crippen LogP contribution in [0.1, 0.15) is 27.0 Å². The van der Waals surface area contributed by atoms with E-state index in [1.165, 1.54) is 0 Å². The first kappa shape index (κ1) is 16.8. The second-order valence-electron chi connectivity index (χ2n) is 5.97. The summed E-state index contributed by atoms with van der Waals surface area (Å²) in [5.41, 5.74) is 4.62. The fourth-order valence-electron chi connectivity index (χ4n) is 2.59. The molecule has 3 nitrogen and oxygen atoms in total. The van der Waals surface area contributed by atoms with Crippen molar-refractivity contribution in [3.8, 4) is 5.75 Å². The van der Waals surface area contributed by atoms with E-state index in [-0.39, 0.29) is 5.91 Å². The van der Waals surface area contributed by atoms with E-state index in [0.717, 1.165) is 22.4 Å². The number of aryl methyl sites for hydroxylation is 1. The Kier molecular flexibility index (Phi) is 5.14. The Morgan fingerprint density at radius 2 is 1.60 bits per heavy atom. The van der Waals surface area contributed by atoms with Gasteiger partial charge >= 0.3 is 0 Å². The van der Waals surface area contributed by atoms with Crippen LogP contribution in [-0.2, 0) is 6.61 Å². The lowest BCUT2D eigenvalue weighted by atomic mass is 10.1. The van der Waals surface area contributed by atoms with Crippen LogP contribution in [0.15, 0.2) is 72.8 Å². The van der Waals surface area contributed by atoms with Gasteiger partial charge in [-0.25, -0.2) is 0 Å². The SMILES string of the molecule is Cc1cccc(NC(=O)c2ccccc2OCc2ccccc2)c1C. The van der Waals surface area contributed by atoms with Gasteiger partial charge in [0.15, 0.2) is 0 Å². The third-order valence-electron chi connectivity index (χ3n) is 4.22. The largest absolute Gasteiger partial charge is 0.488 e. The van der Waals surface area contributed by atoms with Crippen LogP contribution in [0.5, 0.6) is 5.75 Å². The maximum absolute atomic E-state index is 12.7. The summed E-state index contributed by atoms with van der Waals surface area (Å²) in [5, 5.41) is 2.99. The molecular weight excluding hydrogens is 310 g/mol. The van der Waals surface area contributed by atoms with Gasteiger partial charge in [-0.3, -0.25) is 4.79 Å². The van der Waals surface area contributed by atoms with Gasteiger partial charge in [-0.05, 0) is 48.7 Å². The zero-order valence-corrected chi connectivity index (χ0v) is 14.5. The topological polar surface area (TPSA) is 38.3 Å². The van der Waals surface area contributed by atoms with Crippen molar-refractivity contribution in [3.05, 3.63) is 95.1 Å². The van der Waals surface area contributed by atoms with E-state index in [1.54, 1.807) is 6.07 Å². The molecule has 1 amide bonds. The normalized spacial score (nSPS) is 10.3. The van der Waals surface area contributed by atoms with E-state index >= 15 is 0 Å². The molecule has 0 saturated carbocycles. The van der Waals surface area contributed by atoms with Gasteiger partial charge in [-0.2, -0.15) is 0 Å². The number of para-hydroxylation sites is 1. The number of nitrogens with one attached hydrogen (secondary N) is 1. The molecule has 0 spiro atoms. The highest BCUT2D eigenvalue weighted by atomic mass is 16.5. The Balaban J connectivity index is 1.78. The van der Waals surface area contributed by atoms with Gasteiger partial charge in [0.05, 0.1) is 5.56 Å². The summed E-state index contributed by atoms with van der Waals surface area (Å²) >= 11 is 0. The Bertz CT molecular complexity index is 872. The minimum Gasteiger partial charge on any atom is -0.488 e. The van der Waals surface area contributed by atoms with Crippen LogP contribution in [0.4, 0.5) is 5.69 Å². The fraction of sp³-hybridized carbons (Fsp3) is 0.136. The standard InChI is InChI=1S/C22H21NO2/c1-16-9-8-13-20(17(16)2)23-22(24)19-12-6-7-14-21(19)25-15-18-10-4-3-5-11-18/h3-14H,15H2,1-2H3,(H,23,24). The summed E-state index contributed by atoms with van der Waals surface area (Å²) in [7, 11) is 0. The van der Waals surface area contributed by atoms with Crippen molar-refractivity contribution in [1.29, 1.82) is 0 Å². The molecule has 1 N–H and O–H groups in total. The van der Waals surface area contributed by atoms with Crippen LogP contribution in [-0.4, -0.2) is 5.91 Å². The monoisotopic (exact) mass is 331 g/mol. The number of carbonyl (C=O) groups is 1. The summed E-state index contributed by atoms with van der Waals surface area (Å²) in [4.78, 5) is 12.7. The van der Waals surface area contributed by atoms with Gasteiger partial charge in [0.25, 0.3) is 5.91 Å². The van der Waals surface area contributed by atoms with Crippen LogP contribution in [0, 0.1) is 13.8 Å². The van der Waals surface area contributed by atoms with Crippen molar-refractivity contribution in [1.82, 2.24) is 0 Å². The molecule has 0 fully saturated rings. The molecule has 3 rings (SSSR count). The van der Waals surface area contributed by atoms with E-state index in [2.05, 4.69) is 5.32 Å². The van der Waals surface area contributed by atoms with E-state index in [9.17, 15) is 4.79 Å². The molecule has 3 aromatic carbocycles. The minimum absolute atomic E-state index is 0.169. The van der Waals surface area contributed by atoms with Gasteiger partial charge in [-0.1, -0.05) is 54.6 Å². The smallest absolute Gasteiger partial charge is 0.259 e. The highest BCUT2D eigenvalue weighted by molar-refractivity contribution is 6.06. The van der Waals surface area contributed by atoms with Crippen LogP contribution in [0.3, 0.4) is 0 Å². The zero-order valence-electron chi connectivity index (χ0n) is 14.5. The molecule has 0 heterocycles. The summed E-state index contributed by atoms with van der Waals surface area (Å²) in [6.45, 7) is 4.46. The van der Waals surface area contributed by atoms with Crippen molar-refractivity contribution in [2.75, 3.05) is 5.32 Å². The van der Waals surface area contributed by atoms with Crippen molar-refractivity contribution in [3.63, 3.8) is 0 Å². The molecule has 3 heteroatoms. The molecule has 0 aliphatic rings. The maximum atomic E-state index is 12.7. The lowest BCUT2D eigenvalue weighted by molar-refractivity contribution is 0.102. The zero-order chi connectivity index (χ0) is 17.6. The minimum atomic E-state index is -0.169. The van der Waals surface area contributed by atoms with Gasteiger partial charge in [0.1, 0.15) is 12.4 Å². The Hall–Kier alpha value is -3.07. The molecule has 0 radical (unpaired) electrons. The number of carbonyl (C=O) groups excluding carboxylic acids is 1. The molecule has 3 aromatic rings. The molecule has 126 valence electrons. The highest BCUT2D eigenvalue weighted by Crippen LogP contribution is 2.23. The maximum Gasteiger partial charge on any atom is 0.259 e. The molecular formula is C22H21NO2. The molecule has 0 saturated heterocycles. The number of amides is 1. The predicted molar refractivity (Wildman–Crippen MR) is 101 cm³/mol. The average Bonchev–Trinajstić information content (AvgIpc) is 2.65. The average molecular weight is 331 g/mol. The molecule has 0 aliphatic carbocycles. The number of benzene rings is 3. The number of ether oxygens (including phenoxy) is 1. The third kappa shape index (κ3) is 4.07. The molecule has 0 aromatic heterocycles. The van der Waals surface area contributed by atoms with E-state index < -0.39 is 0 Å². The van der Waals surface area contributed by atoms with Crippen LogP contribution in [0.2, 0.25) is 0 Å².